The van der Waals surface area contributed by atoms with Crippen molar-refractivity contribution in [1.29, 1.82) is 0 Å². The zero-order chi connectivity index (χ0) is 9.52. The van der Waals surface area contributed by atoms with Crippen LogP contribution in [-0.2, 0) is 0 Å². The van der Waals surface area contributed by atoms with Gasteiger partial charge in [-0.2, -0.15) is 0 Å². The first-order valence-corrected chi connectivity index (χ1v) is 6.12. The average Bonchev–Trinajstić information content (AvgIpc) is 2.19. The highest BCUT2D eigenvalue weighted by Gasteiger charge is 2.19. The second kappa shape index (κ2) is 8.22. The maximum absolute atomic E-state index is 2.72. The topological polar surface area (TPSA) is 3.24 Å². The van der Waals surface area contributed by atoms with E-state index in [2.05, 4.69) is 18.7 Å². The SMILES string of the molecule is CCCCCN1CCCCC1CC.F. The second-order valence-electron chi connectivity index (χ2n) is 4.30. The second-order valence-corrected chi connectivity index (χ2v) is 4.30. The molecule has 1 unspecified atom stereocenters. The molecule has 1 aliphatic heterocycles. The molecule has 1 atom stereocenters. The maximum Gasteiger partial charge on any atom is 0.00926 e. The van der Waals surface area contributed by atoms with Crippen LogP contribution in [0.1, 0.15) is 58.8 Å². The van der Waals surface area contributed by atoms with E-state index in [-0.39, 0.29) is 4.70 Å². The van der Waals surface area contributed by atoms with Crippen LogP contribution in [0.15, 0.2) is 0 Å². The number of hydrogen-bond acceptors (Lipinski definition) is 1. The molecule has 0 saturated carbocycles. The van der Waals surface area contributed by atoms with Crippen molar-refractivity contribution in [3.8, 4) is 0 Å². The van der Waals surface area contributed by atoms with Crippen LogP contribution in [0.4, 0.5) is 4.70 Å². The monoisotopic (exact) mass is 203 g/mol. The number of hydrogen-bond donors (Lipinski definition) is 0. The van der Waals surface area contributed by atoms with Crippen molar-refractivity contribution in [2.45, 2.75) is 64.8 Å². The van der Waals surface area contributed by atoms with Gasteiger partial charge in [-0.15, -0.1) is 0 Å². The smallest absolute Gasteiger partial charge is 0.00926 e. The van der Waals surface area contributed by atoms with Crippen LogP contribution >= 0.6 is 0 Å². The van der Waals surface area contributed by atoms with Crippen LogP contribution in [0.3, 0.4) is 0 Å². The van der Waals surface area contributed by atoms with Gasteiger partial charge in [0.05, 0.1) is 0 Å². The highest BCUT2D eigenvalue weighted by Crippen LogP contribution is 2.19. The molecule has 1 aliphatic rings. The minimum atomic E-state index is 0. The van der Waals surface area contributed by atoms with Gasteiger partial charge >= 0.3 is 0 Å². The number of halogens is 1. The molecule has 0 radical (unpaired) electrons. The lowest BCUT2D eigenvalue weighted by Crippen LogP contribution is -2.39. The number of piperidine rings is 1. The molecule has 0 bridgehead atoms. The Morgan fingerprint density at radius 3 is 2.57 bits per heavy atom. The molecule has 0 spiro atoms. The van der Waals surface area contributed by atoms with E-state index in [1.54, 1.807) is 0 Å². The highest BCUT2D eigenvalue weighted by molar-refractivity contribution is 4.75. The van der Waals surface area contributed by atoms with E-state index < -0.39 is 0 Å². The normalized spacial score (nSPS) is 23.1. The van der Waals surface area contributed by atoms with Gasteiger partial charge < -0.3 is 4.90 Å². The molecule has 0 N–H and O–H groups in total. The molecule has 1 saturated heterocycles. The summed E-state index contributed by atoms with van der Waals surface area (Å²) in [6, 6.07) is 0.908. The lowest BCUT2D eigenvalue weighted by atomic mass is 9.99. The van der Waals surface area contributed by atoms with Crippen LogP contribution in [0.25, 0.3) is 0 Å². The number of rotatable bonds is 5. The molecule has 2 heteroatoms. The van der Waals surface area contributed by atoms with Gasteiger partial charge in [-0.05, 0) is 38.8 Å². The quantitative estimate of drug-likeness (QED) is 0.617. The Morgan fingerprint density at radius 2 is 1.93 bits per heavy atom. The van der Waals surface area contributed by atoms with Crippen molar-refractivity contribution in [3.05, 3.63) is 0 Å². The predicted molar refractivity (Wildman–Crippen MR) is 61.5 cm³/mol. The van der Waals surface area contributed by atoms with Crippen LogP contribution in [0.2, 0.25) is 0 Å². The summed E-state index contributed by atoms with van der Waals surface area (Å²) in [6.45, 7) is 7.34. The summed E-state index contributed by atoms with van der Waals surface area (Å²) < 4.78 is 0. The van der Waals surface area contributed by atoms with Crippen molar-refractivity contribution < 1.29 is 4.70 Å². The van der Waals surface area contributed by atoms with Crippen molar-refractivity contribution in [2.75, 3.05) is 13.1 Å². The molecule has 14 heavy (non-hydrogen) atoms. The molecule has 0 aromatic heterocycles. The number of likely N-dealkylation sites (tertiary alicyclic amines) is 1. The summed E-state index contributed by atoms with van der Waals surface area (Å²) in [7, 11) is 0. The summed E-state index contributed by atoms with van der Waals surface area (Å²) >= 11 is 0. The summed E-state index contributed by atoms with van der Waals surface area (Å²) in [5.74, 6) is 0. The van der Waals surface area contributed by atoms with E-state index in [1.165, 1.54) is 58.0 Å². The van der Waals surface area contributed by atoms with E-state index in [4.69, 9.17) is 0 Å². The van der Waals surface area contributed by atoms with E-state index in [9.17, 15) is 0 Å². The zero-order valence-electron chi connectivity index (χ0n) is 9.80. The fourth-order valence-electron chi connectivity index (χ4n) is 2.38. The molecule has 86 valence electrons. The molecule has 1 rings (SSSR count). The standard InChI is InChI=1S/C12H25N.FH/c1-3-5-7-10-13-11-8-6-9-12(13)4-2;/h12H,3-11H2,1-2H3;1H. The van der Waals surface area contributed by atoms with Gasteiger partial charge in [0.2, 0.25) is 0 Å². The van der Waals surface area contributed by atoms with Crippen molar-refractivity contribution in [2.24, 2.45) is 0 Å². The Labute approximate surface area is 88.2 Å². The van der Waals surface area contributed by atoms with Gasteiger partial charge in [-0.25, -0.2) is 0 Å². The van der Waals surface area contributed by atoms with Crippen molar-refractivity contribution in [3.63, 3.8) is 0 Å². The zero-order valence-corrected chi connectivity index (χ0v) is 9.80. The molecule has 0 aliphatic carbocycles. The third kappa shape index (κ3) is 4.41. The number of unbranched alkanes of at least 4 members (excludes halogenated alkanes) is 2. The van der Waals surface area contributed by atoms with E-state index in [0.717, 1.165) is 6.04 Å². The Balaban J connectivity index is 0.00000169. The van der Waals surface area contributed by atoms with E-state index in [1.807, 2.05) is 0 Å². The minimum Gasteiger partial charge on any atom is -0.300 e. The minimum absolute atomic E-state index is 0. The molecule has 1 fully saturated rings. The van der Waals surface area contributed by atoms with Gasteiger partial charge in [-0.1, -0.05) is 33.1 Å². The Bertz CT molecular complexity index is 127. The van der Waals surface area contributed by atoms with Gasteiger partial charge in [0.1, 0.15) is 0 Å². The molecule has 1 nitrogen and oxygen atoms in total. The summed E-state index contributed by atoms with van der Waals surface area (Å²) in [4.78, 5) is 2.72. The fourth-order valence-corrected chi connectivity index (χ4v) is 2.38. The van der Waals surface area contributed by atoms with Gasteiger partial charge in [-0.3, -0.25) is 4.70 Å². The van der Waals surface area contributed by atoms with Crippen LogP contribution in [0, 0.1) is 0 Å². The van der Waals surface area contributed by atoms with Crippen LogP contribution < -0.4 is 0 Å². The summed E-state index contributed by atoms with van der Waals surface area (Å²) in [5, 5.41) is 0. The van der Waals surface area contributed by atoms with Gasteiger partial charge in [0.15, 0.2) is 0 Å². The molecule has 1 heterocycles. The van der Waals surface area contributed by atoms with Crippen LogP contribution in [-0.4, -0.2) is 24.0 Å². The van der Waals surface area contributed by atoms with Crippen LogP contribution in [0.5, 0.6) is 0 Å². The highest BCUT2D eigenvalue weighted by atomic mass is 19.0. The first-order valence-electron chi connectivity index (χ1n) is 6.12. The largest absolute Gasteiger partial charge is 0.300 e. The van der Waals surface area contributed by atoms with Gasteiger partial charge in [0, 0.05) is 6.04 Å². The first kappa shape index (κ1) is 13.9. The van der Waals surface area contributed by atoms with E-state index >= 15 is 0 Å². The molecular weight excluding hydrogens is 177 g/mol. The van der Waals surface area contributed by atoms with Gasteiger partial charge in [0.25, 0.3) is 0 Å². The van der Waals surface area contributed by atoms with Crippen molar-refractivity contribution >= 4 is 0 Å². The third-order valence-electron chi connectivity index (χ3n) is 3.27. The predicted octanol–water partition coefficient (Wildman–Crippen LogP) is 3.59. The molecule has 0 amide bonds. The maximum atomic E-state index is 2.72. The Kier molecular flexibility index (Phi) is 8.15. The molecular formula is C12H26FN. The fraction of sp³-hybridized carbons (Fsp3) is 1.00. The number of nitrogens with zero attached hydrogens (tertiary/aromatic N) is 1. The molecule has 0 aromatic rings. The average molecular weight is 203 g/mol. The summed E-state index contributed by atoms with van der Waals surface area (Å²) in [6.07, 6.45) is 9.87. The van der Waals surface area contributed by atoms with E-state index in [0.29, 0.717) is 0 Å². The molecule has 0 aromatic carbocycles. The Morgan fingerprint density at radius 1 is 1.14 bits per heavy atom. The lowest BCUT2D eigenvalue weighted by Gasteiger charge is -2.35. The van der Waals surface area contributed by atoms with Crippen molar-refractivity contribution in [1.82, 2.24) is 4.90 Å². The lowest BCUT2D eigenvalue weighted by molar-refractivity contribution is 0.141. The first-order chi connectivity index (χ1) is 6.38. The summed E-state index contributed by atoms with van der Waals surface area (Å²) in [5.41, 5.74) is 0. The Hall–Kier alpha value is -0.110. The third-order valence-corrected chi connectivity index (χ3v) is 3.27.